The van der Waals surface area contributed by atoms with Gasteiger partial charge < -0.3 is 14.2 Å². The van der Waals surface area contributed by atoms with Crippen LogP contribution in [0, 0.1) is 6.92 Å². The topological polar surface area (TPSA) is 34.5 Å². The monoisotopic (exact) mass is 366 g/mol. The van der Waals surface area contributed by atoms with Gasteiger partial charge in [-0.2, -0.15) is 0 Å². The van der Waals surface area contributed by atoms with Crippen LogP contribution < -0.4 is 9.64 Å². The molecule has 4 nitrogen and oxygen atoms in total. The van der Waals surface area contributed by atoms with Crippen molar-refractivity contribution in [1.82, 2.24) is 4.57 Å². The molecule has 0 saturated heterocycles. The van der Waals surface area contributed by atoms with E-state index in [0.717, 1.165) is 39.0 Å². The van der Waals surface area contributed by atoms with E-state index in [2.05, 4.69) is 6.07 Å². The standard InChI is InChI=1S/C21H19ClN2O2/c1-12-9-18-14(11-19(12)26-4)15(20(22)23(18)2)10-16-13-7-5-6-8-17(13)24(3)21(16)25/h5-11H,1-4H3/b16-10+. The number of aryl methyl sites for hydroxylation is 2. The molecule has 1 amide bonds. The number of carbonyl (C=O) groups excluding carboxylic acids is 1. The zero-order chi connectivity index (χ0) is 18.6. The summed E-state index contributed by atoms with van der Waals surface area (Å²) in [7, 11) is 5.37. The number of carbonyl (C=O) groups is 1. The van der Waals surface area contributed by atoms with Crippen molar-refractivity contribution in [2.24, 2.45) is 7.05 Å². The van der Waals surface area contributed by atoms with Crippen molar-refractivity contribution in [2.45, 2.75) is 6.92 Å². The first kappa shape index (κ1) is 16.7. The molecular formula is C21H19ClN2O2. The predicted molar refractivity (Wildman–Crippen MR) is 107 cm³/mol. The number of likely N-dealkylation sites (N-methyl/N-ethyl adjacent to an activating group) is 1. The Labute approximate surface area is 157 Å². The molecule has 1 aliphatic heterocycles. The number of methoxy groups -OCH3 is 1. The highest BCUT2D eigenvalue weighted by Gasteiger charge is 2.30. The molecular weight excluding hydrogens is 348 g/mol. The van der Waals surface area contributed by atoms with Crippen LogP contribution in [0.15, 0.2) is 36.4 Å². The van der Waals surface area contributed by atoms with Crippen LogP contribution in [-0.2, 0) is 11.8 Å². The van der Waals surface area contributed by atoms with E-state index >= 15 is 0 Å². The lowest BCUT2D eigenvalue weighted by Crippen LogP contribution is -2.20. The molecule has 0 fully saturated rings. The van der Waals surface area contributed by atoms with E-state index in [0.29, 0.717) is 10.7 Å². The first-order valence-electron chi connectivity index (χ1n) is 8.35. The second-order valence-corrected chi connectivity index (χ2v) is 6.90. The molecule has 0 spiro atoms. The van der Waals surface area contributed by atoms with E-state index in [1.165, 1.54) is 0 Å². The highest BCUT2D eigenvalue weighted by Crippen LogP contribution is 2.40. The molecule has 2 aromatic carbocycles. The number of rotatable bonds is 2. The molecule has 5 heteroatoms. The zero-order valence-electron chi connectivity index (χ0n) is 15.1. The number of hydrogen-bond acceptors (Lipinski definition) is 2. The molecule has 132 valence electrons. The van der Waals surface area contributed by atoms with Crippen LogP contribution in [-0.4, -0.2) is 24.6 Å². The van der Waals surface area contributed by atoms with Crippen molar-refractivity contribution in [3.05, 3.63) is 58.2 Å². The Morgan fingerprint density at radius 1 is 1.15 bits per heavy atom. The van der Waals surface area contributed by atoms with Gasteiger partial charge in [0.05, 0.1) is 18.3 Å². The second kappa shape index (κ2) is 5.92. The Morgan fingerprint density at radius 3 is 2.62 bits per heavy atom. The largest absolute Gasteiger partial charge is 0.496 e. The average molecular weight is 367 g/mol. The molecule has 4 rings (SSSR count). The summed E-state index contributed by atoms with van der Waals surface area (Å²) in [4.78, 5) is 14.5. The predicted octanol–water partition coefficient (Wildman–Crippen LogP) is 4.67. The normalized spacial score (nSPS) is 15.2. The summed E-state index contributed by atoms with van der Waals surface area (Å²) in [6.07, 6.45) is 1.89. The van der Waals surface area contributed by atoms with Gasteiger partial charge in [-0.3, -0.25) is 4.79 Å². The van der Waals surface area contributed by atoms with Crippen LogP contribution in [0.1, 0.15) is 16.7 Å². The highest BCUT2D eigenvalue weighted by atomic mass is 35.5. The fraction of sp³-hybridized carbons (Fsp3) is 0.190. The van der Waals surface area contributed by atoms with E-state index in [9.17, 15) is 4.79 Å². The lowest BCUT2D eigenvalue weighted by atomic mass is 10.0. The molecule has 0 bridgehead atoms. The van der Waals surface area contributed by atoms with Gasteiger partial charge in [-0.1, -0.05) is 29.8 Å². The maximum Gasteiger partial charge on any atom is 0.258 e. The molecule has 0 aliphatic carbocycles. The third-order valence-corrected chi connectivity index (χ3v) is 5.52. The fourth-order valence-corrected chi connectivity index (χ4v) is 3.85. The van der Waals surface area contributed by atoms with Crippen molar-refractivity contribution in [2.75, 3.05) is 19.1 Å². The van der Waals surface area contributed by atoms with E-state index in [-0.39, 0.29) is 5.91 Å². The Balaban J connectivity index is 2.00. The number of anilines is 1. The Kier molecular flexibility index (Phi) is 3.81. The molecule has 1 aliphatic rings. The summed E-state index contributed by atoms with van der Waals surface area (Å²) < 4.78 is 7.41. The molecule has 3 aromatic rings. The molecule has 26 heavy (non-hydrogen) atoms. The van der Waals surface area contributed by atoms with E-state index < -0.39 is 0 Å². The first-order chi connectivity index (χ1) is 12.4. The first-order valence-corrected chi connectivity index (χ1v) is 8.73. The second-order valence-electron chi connectivity index (χ2n) is 6.54. The molecule has 1 aromatic heterocycles. The summed E-state index contributed by atoms with van der Waals surface area (Å²) in [6, 6.07) is 11.8. The lowest BCUT2D eigenvalue weighted by Gasteiger charge is -2.08. The molecule has 0 unspecified atom stereocenters. The maximum absolute atomic E-state index is 12.8. The van der Waals surface area contributed by atoms with Gasteiger partial charge in [-0.15, -0.1) is 0 Å². The van der Waals surface area contributed by atoms with Gasteiger partial charge in [0, 0.05) is 36.2 Å². The zero-order valence-corrected chi connectivity index (χ0v) is 15.9. The molecule has 2 heterocycles. The quantitative estimate of drug-likeness (QED) is 0.618. The van der Waals surface area contributed by atoms with Crippen molar-refractivity contribution >= 4 is 45.7 Å². The number of halogens is 1. The van der Waals surface area contributed by atoms with Crippen LogP contribution in [0.3, 0.4) is 0 Å². The third kappa shape index (κ3) is 2.26. The number of hydrogen-bond donors (Lipinski definition) is 0. The Morgan fingerprint density at radius 2 is 1.88 bits per heavy atom. The number of fused-ring (bicyclic) bond motifs is 2. The maximum atomic E-state index is 12.8. The van der Waals surface area contributed by atoms with Gasteiger partial charge in [-0.05, 0) is 36.8 Å². The van der Waals surface area contributed by atoms with Crippen molar-refractivity contribution < 1.29 is 9.53 Å². The van der Waals surface area contributed by atoms with Crippen LogP contribution in [0.4, 0.5) is 5.69 Å². The van der Waals surface area contributed by atoms with Gasteiger partial charge in [0.1, 0.15) is 10.9 Å². The minimum absolute atomic E-state index is 0.0293. The van der Waals surface area contributed by atoms with Gasteiger partial charge >= 0.3 is 0 Å². The SMILES string of the molecule is COc1cc2c(/C=C3/C(=O)N(C)c4ccccc43)c(Cl)n(C)c2cc1C. The van der Waals surface area contributed by atoms with Crippen molar-refractivity contribution in [3.8, 4) is 5.75 Å². The minimum atomic E-state index is -0.0293. The summed E-state index contributed by atoms with van der Waals surface area (Å²) >= 11 is 6.63. The number of aromatic nitrogens is 1. The van der Waals surface area contributed by atoms with Crippen LogP contribution in [0.2, 0.25) is 5.15 Å². The van der Waals surface area contributed by atoms with Crippen LogP contribution in [0.25, 0.3) is 22.6 Å². The summed E-state index contributed by atoms with van der Waals surface area (Å²) in [5, 5.41) is 1.56. The van der Waals surface area contributed by atoms with Gasteiger partial charge in [0.15, 0.2) is 0 Å². The summed E-state index contributed by atoms with van der Waals surface area (Å²) in [6.45, 7) is 2.00. The van der Waals surface area contributed by atoms with Crippen molar-refractivity contribution in [3.63, 3.8) is 0 Å². The summed E-state index contributed by atoms with van der Waals surface area (Å²) in [5.41, 5.74) is 5.36. The average Bonchev–Trinajstić information content (AvgIpc) is 3.02. The van der Waals surface area contributed by atoms with E-state index in [4.69, 9.17) is 16.3 Å². The molecule has 0 radical (unpaired) electrons. The number of nitrogens with zero attached hydrogens (tertiary/aromatic N) is 2. The summed E-state index contributed by atoms with van der Waals surface area (Å²) in [5.74, 6) is 0.771. The lowest BCUT2D eigenvalue weighted by molar-refractivity contribution is -0.112. The molecule has 0 atom stereocenters. The number of benzene rings is 2. The fourth-order valence-electron chi connectivity index (χ4n) is 3.60. The minimum Gasteiger partial charge on any atom is -0.496 e. The van der Waals surface area contributed by atoms with Crippen LogP contribution >= 0.6 is 11.6 Å². The Hall–Kier alpha value is -2.72. The Bertz CT molecular complexity index is 1100. The van der Waals surface area contributed by atoms with Crippen LogP contribution in [0.5, 0.6) is 5.75 Å². The van der Waals surface area contributed by atoms with E-state index in [1.54, 1.807) is 19.1 Å². The smallest absolute Gasteiger partial charge is 0.258 e. The van der Waals surface area contributed by atoms with E-state index in [1.807, 2.05) is 54.9 Å². The van der Waals surface area contributed by atoms with Crippen molar-refractivity contribution in [1.29, 1.82) is 0 Å². The highest BCUT2D eigenvalue weighted by molar-refractivity contribution is 6.38. The van der Waals surface area contributed by atoms with Gasteiger partial charge in [-0.25, -0.2) is 0 Å². The number of para-hydroxylation sites is 1. The number of amides is 1. The van der Waals surface area contributed by atoms with Gasteiger partial charge in [0.2, 0.25) is 0 Å². The third-order valence-electron chi connectivity index (χ3n) is 5.06. The van der Waals surface area contributed by atoms with Gasteiger partial charge in [0.25, 0.3) is 5.91 Å². The molecule has 0 N–H and O–H groups in total. The molecule has 0 saturated carbocycles. The number of ether oxygens (including phenoxy) is 1.